The number of benzene rings is 1. The molecule has 0 radical (unpaired) electrons. The van der Waals surface area contributed by atoms with E-state index in [1.165, 1.54) is 6.92 Å². The van der Waals surface area contributed by atoms with Gasteiger partial charge in [-0.3, -0.25) is 9.59 Å². The second-order valence-corrected chi connectivity index (χ2v) is 9.87. The molecule has 1 unspecified atom stereocenters. The molecule has 0 saturated heterocycles. The minimum atomic E-state index is -4.84. The van der Waals surface area contributed by atoms with Crippen molar-refractivity contribution in [1.82, 2.24) is 10.6 Å². The smallest absolute Gasteiger partial charge is 0.345 e. The standard InChI is InChI=1S/C25H22Cl3F7N2O2/c1-3-17(26)20(28)18(27)7-5-15(25(33,34)35)11-19(29)14-4-6-16(13(2)10-14)21(38)37-23(8-9-23)22(39)36-12-24(30,31)32/h3-4,6-7,10-11,15H,1,5,8-9,12H2,2H3,(H,36,39)(H,37,38)/b18-7+,19-11-,20-17-. The van der Waals surface area contributed by atoms with Crippen molar-refractivity contribution in [3.8, 4) is 0 Å². The highest BCUT2D eigenvalue weighted by atomic mass is 35.5. The van der Waals surface area contributed by atoms with Crippen LogP contribution in [-0.4, -0.2) is 36.3 Å². The third-order valence-corrected chi connectivity index (χ3v) is 6.94. The lowest BCUT2D eigenvalue weighted by atomic mass is 9.99. The van der Waals surface area contributed by atoms with Gasteiger partial charge in [-0.2, -0.15) is 26.3 Å². The van der Waals surface area contributed by atoms with E-state index in [4.69, 9.17) is 34.8 Å². The Kier molecular flexibility index (Phi) is 10.7. The zero-order valence-corrected chi connectivity index (χ0v) is 22.4. The van der Waals surface area contributed by atoms with Gasteiger partial charge >= 0.3 is 12.4 Å². The second-order valence-electron chi connectivity index (χ2n) is 8.68. The van der Waals surface area contributed by atoms with E-state index in [0.717, 1.165) is 30.4 Å². The molecule has 14 heteroatoms. The van der Waals surface area contributed by atoms with Crippen LogP contribution in [0.25, 0.3) is 5.83 Å². The maximum atomic E-state index is 14.9. The maximum Gasteiger partial charge on any atom is 0.405 e. The first-order valence-electron chi connectivity index (χ1n) is 11.2. The first-order valence-corrected chi connectivity index (χ1v) is 12.3. The van der Waals surface area contributed by atoms with Crippen LogP contribution in [0.1, 0.15) is 40.7 Å². The van der Waals surface area contributed by atoms with Gasteiger partial charge in [-0.05, 0) is 56.0 Å². The van der Waals surface area contributed by atoms with Crippen LogP contribution in [0.15, 0.2) is 58.1 Å². The predicted molar refractivity (Wildman–Crippen MR) is 136 cm³/mol. The zero-order valence-electron chi connectivity index (χ0n) is 20.2. The molecule has 0 spiro atoms. The molecule has 1 saturated carbocycles. The van der Waals surface area contributed by atoms with Crippen LogP contribution in [0.5, 0.6) is 0 Å². The number of amides is 2. The summed E-state index contributed by atoms with van der Waals surface area (Å²) in [6.07, 6.45) is -7.56. The molecule has 1 aliphatic carbocycles. The van der Waals surface area contributed by atoms with E-state index in [0.29, 0.717) is 6.08 Å². The number of nitrogens with one attached hydrogen (secondary N) is 2. The summed E-state index contributed by atoms with van der Waals surface area (Å²) in [5, 5.41) is 3.51. The molecule has 2 rings (SSSR count). The van der Waals surface area contributed by atoms with Gasteiger partial charge in [0, 0.05) is 11.1 Å². The molecule has 214 valence electrons. The molecule has 2 amide bonds. The molecule has 1 fully saturated rings. The van der Waals surface area contributed by atoms with Gasteiger partial charge in [-0.1, -0.05) is 53.5 Å². The van der Waals surface area contributed by atoms with Crippen LogP contribution in [0, 0.1) is 12.8 Å². The zero-order chi connectivity index (χ0) is 29.8. The van der Waals surface area contributed by atoms with Gasteiger partial charge in [0.2, 0.25) is 5.91 Å². The van der Waals surface area contributed by atoms with Crippen LogP contribution < -0.4 is 10.6 Å². The third-order valence-electron chi connectivity index (χ3n) is 5.65. The van der Waals surface area contributed by atoms with Crippen molar-refractivity contribution in [2.45, 2.75) is 44.1 Å². The van der Waals surface area contributed by atoms with Crippen molar-refractivity contribution >= 4 is 52.4 Å². The topological polar surface area (TPSA) is 58.2 Å². The monoisotopic (exact) mass is 620 g/mol. The third kappa shape index (κ3) is 9.29. The van der Waals surface area contributed by atoms with Gasteiger partial charge < -0.3 is 10.6 Å². The summed E-state index contributed by atoms with van der Waals surface area (Å²) in [4.78, 5) is 24.8. The first-order chi connectivity index (χ1) is 17.9. The number of hydrogen-bond acceptors (Lipinski definition) is 2. The summed E-state index contributed by atoms with van der Waals surface area (Å²) in [6.45, 7) is 3.19. The minimum absolute atomic E-state index is 0.0379. The molecule has 1 aromatic carbocycles. The van der Waals surface area contributed by atoms with Crippen LogP contribution in [-0.2, 0) is 4.79 Å². The lowest BCUT2D eigenvalue weighted by Crippen LogP contribution is -2.50. The molecule has 39 heavy (non-hydrogen) atoms. The Bertz CT molecular complexity index is 1220. The molecular formula is C25H22Cl3F7N2O2. The van der Waals surface area contributed by atoms with Crippen LogP contribution in [0.2, 0.25) is 0 Å². The van der Waals surface area contributed by atoms with Crippen LogP contribution in [0.3, 0.4) is 0 Å². The molecule has 0 aliphatic heterocycles. The van der Waals surface area contributed by atoms with Gasteiger partial charge in [0.15, 0.2) is 0 Å². The molecule has 0 aromatic heterocycles. The Balaban J connectivity index is 2.21. The molecule has 1 aromatic rings. The van der Waals surface area contributed by atoms with E-state index in [-0.39, 0.29) is 44.6 Å². The number of carbonyl (C=O) groups excluding carboxylic acids is 2. The van der Waals surface area contributed by atoms with Crippen molar-refractivity contribution < 1.29 is 40.3 Å². The van der Waals surface area contributed by atoms with Gasteiger partial charge in [0.25, 0.3) is 5.91 Å². The second kappa shape index (κ2) is 12.8. The highest BCUT2D eigenvalue weighted by molar-refractivity contribution is 6.48. The average Bonchev–Trinajstić information content (AvgIpc) is 3.62. The predicted octanol–water partition coefficient (Wildman–Crippen LogP) is 7.81. The molecular weight excluding hydrogens is 600 g/mol. The minimum Gasteiger partial charge on any atom is -0.345 e. The summed E-state index contributed by atoms with van der Waals surface area (Å²) in [6, 6.07) is 3.33. The Morgan fingerprint density at radius 1 is 1.13 bits per heavy atom. The van der Waals surface area contributed by atoms with E-state index >= 15 is 0 Å². The lowest BCUT2D eigenvalue weighted by Gasteiger charge is -2.19. The fourth-order valence-corrected chi connectivity index (χ4v) is 3.82. The van der Waals surface area contributed by atoms with Gasteiger partial charge in [-0.25, -0.2) is 4.39 Å². The first kappa shape index (κ1) is 32.7. The van der Waals surface area contributed by atoms with Crippen LogP contribution >= 0.6 is 34.8 Å². The fourth-order valence-electron chi connectivity index (χ4n) is 3.33. The van der Waals surface area contributed by atoms with E-state index in [1.807, 2.05) is 0 Å². The van der Waals surface area contributed by atoms with E-state index in [9.17, 15) is 40.3 Å². The number of carbonyl (C=O) groups is 2. The summed E-state index contributed by atoms with van der Waals surface area (Å²) in [5.74, 6) is -5.31. The molecule has 0 bridgehead atoms. The molecule has 2 N–H and O–H groups in total. The molecule has 0 heterocycles. The highest BCUT2D eigenvalue weighted by Gasteiger charge is 2.52. The quantitative estimate of drug-likeness (QED) is 0.207. The Morgan fingerprint density at radius 3 is 2.23 bits per heavy atom. The number of allylic oxidation sites excluding steroid dienone is 6. The van der Waals surface area contributed by atoms with Gasteiger partial charge in [0.1, 0.15) is 17.9 Å². The molecule has 1 atom stereocenters. The van der Waals surface area contributed by atoms with Crippen molar-refractivity contribution in [3.05, 3.63) is 74.8 Å². The van der Waals surface area contributed by atoms with Gasteiger partial charge in [-0.15, -0.1) is 0 Å². The molecule has 1 aliphatic rings. The van der Waals surface area contributed by atoms with Crippen LogP contribution in [0.4, 0.5) is 30.7 Å². The summed E-state index contributed by atoms with van der Waals surface area (Å²) in [5.41, 5.74) is -1.64. The largest absolute Gasteiger partial charge is 0.405 e. The van der Waals surface area contributed by atoms with Crippen molar-refractivity contribution in [2.75, 3.05) is 6.54 Å². The number of aryl methyl sites for hydroxylation is 1. The number of rotatable bonds is 10. The number of hydrogen-bond donors (Lipinski definition) is 2. The fraction of sp³-hybridized carbons (Fsp3) is 0.360. The Morgan fingerprint density at radius 2 is 1.74 bits per heavy atom. The van der Waals surface area contributed by atoms with Crippen molar-refractivity contribution in [3.63, 3.8) is 0 Å². The summed E-state index contributed by atoms with van der Waals surface area (Å²) in [7, 11) is 0. The molecule has 4 nitrogen and oxygen atoms in total. The normalized spacial score (nSPS) is 17.2. The Labute approximate surface area is 234 Å². The summed E-state index contributed by atoms with van der Waals surface area (Å²) >= 11 is 17.4. The van der Waals surface area contributed by atoms with Gasteiger partial charge in [0.05, 0.1) is 21.0 Å². The van der Waals surface area contributed by atoms with E-state index < -0.39 is 54.4 Å². The van der Waals surface area contributed by atoms with E-state index in [1.54, 1.807) is 5.32 Å². The average molecular weight is 622 g/mol. The number of halogens is 10. The van der Waals surface area contributed by atoms with Crippen molar-refractivity contribution in [1.29, 1.82) is 0 Å². The SMILES string of the molecule is C=C/C(Cl)=C(Cl)\C(Cl)=C/CC(/C=C(\F)c1ccc(C(=O)NC2(C(=O)NCC(F)(F)F)CC2)c(C)c1)C(F)(F)F. The summed E-state index contributed by atoms with van der Waals surface area (Å²) < 4.78 is 92.7. The lowest BCUT2D eigenvalue weighted by molar-refractivity contribution is -0.160. The number of alkyl halides is 6. The Hall–Kier alpha value is -2.50. The maximum absolute atomic E-state index is 14.9. The van der Waals surface area contributed by atoms with E-state index in [2.05, 4.69) is 11.9 Å². The highest BCUT2D eigenvalue weighted by Crippen LogP contribution is 2.37. The van der Waals surface area contributed by atoms with Crippen molar-refractivity contribution in [2.24, 2.45) is 5.92 Å².